The summed E-state index contributed by atoms with van der Waals surface area (Å²) in [7, 11) is 0. The van der Waals surface area contributed by atoms with Gasteiger partial charge in [0.15, 0.2) is 5.58 Å². The van der Waals surface area contributed by atoms with Crippen molar-refractivity contribution in [3.05, 3.63) is 199 Å². The van der Waals surface area contributed by atoms with Gasteiger partial charge in [0.25, 0.3) is 0 Å². The Morgan fingerprint density at radius 2 is 1.18 bits per heavy atom. The quantitative estimate of drug-likeness (QED) is 0.172. The van der Waals surface area contributed by atoms with Crippen LogP contribution in [0.2, 0.25) is 0 Å². The molecule has 2 aromatic heterocycles. The molecule has 0 radical (unpaired) electrons. The van der Waals surface area contributed by atoms with Crippen LogP contribution in [0.4, 0.5) is 17.1 Å². The monoisotopic (exact) mass is 704 g/mol. The molecule has 8 aromatic carbocycles. The molecule has 55 heavy (non-hydrogen) atoms. The molecule has 3 heteroatoms. The van der Waals surface area contributed by atoms with Crippen molar-refractivity contribution < 1.29 is 4.42 Å². The third-order valence-corrected chi connectivity index (χ3v) is 11.2. The molecule has 0 N–H and O–H groups in total. The predicted octanol–water partition coefficient (Wildman–Crippen LogP) is 14.4. The maximum Gasteiger partial charge on any atom is 0.159 e. The van der Waals surface area contributed by atoms with Crippen LogP contribution in [0.5, 0.6) is 0 Å². The summed E-state index contributed by atoms with van der Waals surface area (Å²) in [6, 6.07) is 65.5. The molecule has 10 aromatic rings. The summed E-state index contributed by atoms with van der Waals surface area (Å²) >= 11 is 0. The fourth-order valence-corrected chi connectivity index (χ4v) is 8.58. The zero-order chi connectivity index (χ0) is 36.3. The molecule has 0 fully saturated rings. The van der Waals surface area contributed by atoms with E-state index in [2.05, 4.69) is 191 Å². The molecule has 0 aliphatic heterocycles. The highest BCUT2D eigenvalue weighted by Gasteiger charge is 2.21. The highest BCUT2D eigenvalue weighted by molar-refractivity contribution is 6.10. The van der Waals surface area contributed by atoms with Gasteiger partial charge in [-0.2, -0.15) is 0 Å². The van der Waals surface area contributed by atoms with E-state index in [0.717, 1.165) is 51.8 Å². The molecule has 2 heterocycles. The zero-order valence-electron chi connectivity index (χ0n) is 30.2. The standard InChI is InChI=1S/C52H36N2O/c1-2-11-35(12-3-1)37-21-29-42(30-22-37)54-48-18-8-6-15-44(48)47-34-40(26-32-49(47)54)38-23-27-41(28-24-38)53(43-31-25-36-13-4-5-14-39(36)33-43)50-19-10-17-46-45-16-7-9-20-51(45)55-52(46)50/h1-7,9-17,19-34H,8,18H2. The molecule has 1 aliphatic rings. The molecule has 1 aliphatic carbocycles. The second kappa shape index (κ2) is 12.8. The molecule has 0 amide bonds. The van der Waals surface area contributed by atoms with E-state index in [1.807, 2.05) is 12.1 Å². The lowest BCUT2D eigenvalue weighted by Gasteiger charge is -2.26. The molecule has 0 unspecified atom stereocenters. The van der Waals surface area contributed by atoms with E-state index in [9.17, 15) is 0 Å². The smallest absolute Gasteiger partial charge is 0.159 e. The number of nitrogens with zero attached hydrogens (tertiary/aromatic N) is 2. The van der Waals surface area contributed by atoms with Crippen molar-refractivity contribution in [1.29, 1.82) is 0 Å². The fraction of sp³-hybridized carbons (Fsp3) is 0.0385. The number of hydrogen-bond acceptors (Lipinski definition) is 2. The molecule has 0 saturated heterocycles. The van der Waals surface area contributed by atoms with Crippen LogP contribution in [0.1, 0.15) is 17.7 Å². The van der Waals surface area contributed by atoms with Crippen molar-refractivity contribution in [3.63, 3.8) is 0 Å². The summed E-state index contributed by atoms with van der Waals surface area (Å²) in [6.45, 7) is 0. The van der Waals surface area contributed by atoms with Crippen molar-refractivity contribution in [1.82, 2.24) is 4.57 Å². The van der Waals surface area contributed by atoms with Crippen LogP contribution >= 0.6 is 0 Å². The number of aromatic nitrogens is 1. The second-order valence-corrected chi connectivity index (χ2v) is 14.4. The lowest BCUT2D eigenvalue weighted by molar-refractivity contribution is 0.669. The van der Waals surface area contributed by atoms with E-state index in [4.69, 9.17) is 4.42 Å². The summed E-state index contributed by atoms with van der Waals surface area (Å²) in [5.74, 6) is 0. The Morgan fingerprint density at radius 1 is 0.491 bits per heavy atom. The Morgan fingerprint density at radius 3 is 2.05 bits per heavy atom. The van der Waals surface area contributed by atoms with Gasteiger partial charge in [-0.3, -0.25) is 0 Å². The van der Waals surface area contributed by atoms with Crippen LogP contribution in [-0.2, 0) is 6.42 Å². The van der Waals surface area contributed by atoms with Crippen LogP contribution in [0, 0.1) is 0 Å². The summed E-state index contributed by atoms with van der Waals surface area (Å²) in [6.07, 6.45) is 6.71. The number of benzene rings is 8. The molecule has 260 valence electrons. The molecule has 0 bridgehead atoms. The number of hydrogen-bond donors (Lipinski definition) is 0. The topological polar surface area (TPSA) is 21.3 Å². The largest absolute Gasteiger partial charge is 0.454 e. The van der Waals surface area contributed by atoms with Gasteiger partial charge < -0.3 is 13.9 Å². The first-order valence-corrected chi connectivity index (χ1v) is 19.1. The van der Waals surface area contributed by atoms with Gasteiger partial charge in [0.05, 0.1) is 11.2 Å². The number of para-hydroxylation sites is 2. The van der Waals surface area contributed by atoms with Crippen LogP contribution in [-0.4, -0.2) is 4.57 Å². The van der Waals surface area contributed by atoms with E-state index in [1.165, 1.54) is 60.9 Å². The van der Waals surface area contributed by atoms with Crippen molar-refractivity contribution in [2.75, 3.05) is 4.90 Å². The minimum atomic E-state index is 0.878. The first-order chi connectivity index (χ1) is 27.3. The Balaban J connectivity index is 1.01. The highest BCUT2D eigenvalue weighted by atomic mass is 16.3. The third-order valence-electron chi connectivity index (χ3n) is 11.2. The Labute approximate surface area is 319 Å². The summed E-state index contributed by atoms with van der Waals surface area (Å²) in [5.41, 5.74) is 14.9. The van der Waals surface area contributed by atoms with Crippen molar-refractivity contribution in [3.8, 4) is 27.9 Å². The van der Waals surface area contributed by atoms with Crippen LogP contribution in [0.15, 0.2) is 192 Å². The molecular formula is C52H36N2O. The molecule has 3 nitrogen and oxygen atoms in total. The van der Waals surface area contributed by atoms with Gasteiger partial charge in [0.1, 0.15) is 5.58 Å². The van der Waals surface area contributed by atoms with Crippen LogP contribution in [0.25, 0.3) is 77.6 Å². The maximum atomic E-state index is 6.59. The van der Waals surface area contributed by atoms with Crippen molar-refractivity contribution in [2.24, 2.45) is 0 Å². The van der Waals surface area contributed by atoms with Gasteiger partial charge in [-0.25, -0.2) is 0 Å². The summed E-state index contributed by atoms with van der Waals surface area (Å²) in [5, 5.41) is 5.94. The van der Waals surface area contributed by atoms with Crippen molar-refractivity contribution >= 4 is 66.8 Å². The van der Waals surface area contributed by atoms with E-state index in [-0.39, 0.29) is 0 Å². The predicted molar refractivity (Wildman–Crippen MR) is 231 cm³/mol. The molecule has 0 saturated carbocycles. The third kappa shape index (κ3) is 5.27. The Hall–Kier alpha value is -7.10. The molecule has 0 spiro atoms. The fourth-order valence-electron chi connectivity index (χ4n) is 8.58. The average molecular weight is 705 g/mol. The SMILES string of the molecule is C1=Cc2c(n(-c3ccc(-c4ccccc4)cc3)c3ccc(-c4ccc(N(c5ccc6ccccc6c5)c5cccc6c5oc5ccccc56)cc4)cc23)CC1. The number of allylic oxidation sites excluding steroid dienone is 1. The highest BCUT2D eigenvalue weighted by Crippen LogP contribution is 2.43. The lowest BCUT2D eigenvalue weighted by Crippen LogP contribution is -2.10. The zero-order valence-corrected chi connectivity index (χ0v) is 30.2. The maximum absolute atomic E-state index is 6.59. The van der Waals surface area contributed by atoms with Gasteiger partial charge in [0.2, 0.25) is 0 Å². The normalized spacial score (nSPS) is 12.5. The summed E-state index contributed by atoms with van der Waals surface area (Å²) < 4.78 is 9.05. The molecular weight excluding hydrogens is 669 g/mol. The number of fused-ring (bicyclic) bond motifs is 7. The number of rotatable bonds is 6. The lowest BCUT2D eigenvalue weighted by atomic mass is 9.98. The van der Waals surface area contributed by atoms with Gasteiger partial charge in [-0.05, 0) is 107 Å². The minimum absolute atomic E-state index is 0.878. The Bertz CT molecular complexity index is 3070. The first-order valence-electron chi connectivity index (χ1n) is 19.1. The molecule has 11 rings (SSSR count). The Kier molecular flexibility index (Phi) is 7.31. The first kappa shape index (κ1) is 31.4. The summed E-state index contributed by atoms with van der Waals surface area (Å²) in [4.78, 5) is 2.33. The molecule has 0 atom stereocenters. The van der Waals surface area contributed by atoms with Gasteiger partial charge >= 0.3 is 0 Å². The average Bonchev–Trinajstić information content (AvgIpc) is 3.80. The van der Waals surface area contributed by atoms with Gasteiger partial charge in [-0.1, -0.05) is 133 Å². The minimum Gasteiger partial charge on any atom is -0.454 e. The van der Waals surface area contributed by atoms with E-state index >= 15 is 0 Å². The van der Waals surface area contributed by atoms with E-state index in [0.29, 0.717) is 0 Å². The van der Waals surface area contributed by atoms with E-state index < -0.39 is 0 Å². The number of anilines is 3. The van der Waals surface area contributed by atoms with Gasteiger partial charge in [-0.15, -0.1) is 0 Å². The van der Waals surface area contributed by atoms with Crippen molar-refractivity contribution in [2.45, 2.75) is 12.8 Å². The van der Waals surface area contributed by atoms with Crippen LogP contribution in [0.3, 0.4) is 0 Å². The van der Waals surface area contributed by atoms with E-state index in [1.54, 1.807) is 0 Å². The van der Waals surface area contributed by atoms with Crippen LogP contribution < -0.4 is 4.90 Å². The van der Waals surface area contributed by atoms with Gasteiger partial charge in [0, 0.05) is 44.5 Å². The second-order valence-electron chi connectivity index (χ2n) is 14.4. The number of furan rings is 1.